The molecule has 3 rings (SSSR count). The summed E-state index contributed by atoms with van der Waals surface area (Å²) < 4.78 is 5.25. The molecule has 1 heterocycles. The minimum Gasteiger partial charge on any atom is -0.444 e. The van der Waals surface area contributed by atoms with Crippen LogP contribution in [0, 0.1) is 5.92 Å². The zero-order chi connectivity index (χ0) is 16.1. The van der Waals surface area contributed by atoms with Crippen molar-refractivity contribution in [3.05, 3.63) is 71.8 Å². The van der Waals surface area contributed by atoms with E-state index in [1.807, 2.05) is 60.7 Å². The molecule has 1 unspecified atom stereocenters. The van der Waals surface area contributed by atoms with Gasteiger partial charge in [-0.2, -0.15) is 0 Å². The van der Waals surface area contributed by atoms with Gasteiger partial charge in [0, 0.05) is 12.5 Å². The fraction of sp³-hybridized carbons (Fsp3) is 0.263. The van der Waals surface area contributed by atoms with Gasteiger partial charge < -0.3 is 4.74 Å². The molecule has 0 spiro atoms. The second kappa shape index (κ2) is 7.09. The van der Waals surface area contributed by atoms with Crippen LogP contribution in [0.25, 0.3) is 0 Å². The maximum Gasteiger partial charge on any atom is 0.416 e. The number of carbonyl (C=O) groups is 2. The van der Waals surface area contributed by atoms with Crippen LogP contribution in [0.5, 0.6) is 0 Å². The molecule has 1 aliphatic heterocycles. The predicted molar refractivity (Wildman–Crippen MR) is 86.6 cm³/mol. The van der Waals surface area contributed by atoms with Crippen molar-refractivity contribution in [2.75, 3.05) is 6.54 Å². The summed E-state index contributed by atoms with van der Waals surface area (Å²) in [5, 5.41) is 0. The molecule has 4 nitrogen and oxygen atoms in total. The van der Waals surface area contributed by atoms with Crippen LogP contribution >= 0.6 is 0 Å². The van der Waals surface area contributed by atoms with Crippen LogP contribution in [-0.4, -0.2) is 23.4 Å². The summed E-state index contributed by atoms with van der Waals surface area (Å²) in [4.78, 5) is 25.7. The van der Waals surface area contributed by atoms with Crippen molar-refractivity contribution in [3.8, 4) is 0 Å². The highest BCUT2D eigenvalue weighted by atomic mass is 16.6. The number of ether oxygens (including phenoxy) is 1. The SMILES string of the molecule is O=C(OCc1ccccc1)N1CCC(Cc2ccccc2)C1=O. The zero-order valence-electron chi connectivity index (χ0n) is 12.9. The molecular weight excluding hydrogens is 290 g/mol. The van der Waals surface area contributed by atoms with Gasteiger partial charge in [0.05, 0.1) is 0 Å². The topological polar surface area (TPSA) is 46.6 Å². The highest BCUT2D eigenvalue weighted by Gasteiger charge is 2.36. The van der Waals surface area contributed by atoms with Crippen LogP contribution in [0.15, 0.2) is 60.7 Å². The average molecular weight is 309 g/mol. The molecule has 2 aromatic carbocycles. The van der Waals surface area contributed by atoms with E-state index in [9.17, 15) is 9.59 Å². The first-order chi connectivity index (χ1) is 11.2. The van der Waals surface area contributed by atoms with Crippen LogP contribution < -0.4 is 0 Å². The van der Waals surface area contributed by atoms with Gasteiger partial charge in [0.2, 0.25) is 5.91 Å². The third kappa shape index (κ3) is 3.77. The lowest BCUT2D eigenvalue weighted by molar-refractivity contribution is -0.129. The van der Waals surface area contributed by atoms with E-state index in [1.54, 1.807) is 0 Å². The number of imide groups is 1. The largest absolute Gasteiger partial charge is 0.444 e. The number of likely N-dealkylation sites (tertiary alicyclic amines) is 1. The normalized spacial score (nSPS) is 17.3. The third-order valence-electron chi connectivity index (χ3n) is 4.07. The van der Waals surface area contributed by atoms with E-state index in [0.717, 1.165) is 11.1 Å². The highest BCUT2D eigenvalue weighted by molar-refractivity contribution is 5.95. The Morgan fingerprint density at radius 2 is 1.61 bits per heavy atom. The Balaban J connectivity index is 1.55. The summed E-state index contributed by atoms with van der Waals surface area (Å²) in [5.74, 6) is -0.270. The maximum absolute atomic E-state index is 12.4. The van der Waals surface area contributed by atoms with E-state index in [-0.39, 0.29) is 18.4 Å². The van der Waals surface area contributed by atoms with Gasteiger partial charge in [0.25, 0.3) is 0 Å². The van der Waals surface area contributed by atoms with Gasteiger partial charge in [-0.15, -0.1) is 0 Å². The molecule has 1 saturated heterocycles. The molecule has 1 fully saturated rings. The Morgan fingerprint density at radius 3 is 2.26 bits per heavy atom. The van der Waals surface area contributed by atoms with Crippen molar-refractivity contribution in [2.24, 2.45) is 5.92 Å². The Morgan fingerprint density at radius 1 is 1.00 bits per heavy atom. The van der Waals surface area contributed by atoms with Gasteiger partial charge in [-0.1, -0.05) is 60.7 Å². The number of carbonyl (C=O) groups excluding carboxylic acids is 2. The van der Waals surface area contributed by atoms with E-state index in [2.05, 4.69) is 0 Å². The summed E-state index contributed by atoms with van der Waals surface area (Å²) in [7, 11) is 0. The van der Waals surface area contributed by atoms with E-state index in [1.165, 1.54) is 4.90 Å². The second-order valence-corrected chi connectivity index (χ2v) is 5.71. The molecule has 0 aromatic heterocycles. The molecule has 0 aliphatic carbocycles. The molecule has 2 amide bonds. The maximum atomic E-state index is 12.4. The van der Waals surface area contributed by atoms with E-state index < -0.39 is 6.09 Å². The molecule has 2 aromatic rings. The second-order valence-electron chi connectivity index (χ2n) is 5.71. The quantitative estimate of drug-likeness (QED) is 0.869. The molecule has 0 saturated carbocycles. The minimum atomic E-state index is -0.547. The van der Waals surface area contributed by atoms with Crippen molar-refractivity contribution in [1.29, 1.82) is 0 Å². The molecule has 0 bridgehead atoms. The fourth-order valence-corrected chi connectivity index (χ4v) is 2.81. The van der Waals surface area contributed by atoms with Crippen LogP contribution in [0.4, 0.5) is 4.79 Å². The Labute approximate surface area is 135 Å². The summed E-state index contributed by atoms with van der Waals surface area (Å²) in [6, 6.07) is 19.3. The van der Waals surface area contributed by atoms with Gasteiger partial charge in [0.15, 0.2) is 0 Å². The zero-order valence-corrected chi connectivity index (χ0v) is 12.9. The first-order valence-corrected chi connectivity index (χ1v) is 7.80. The third-order valence-corrected chi connectivity index (χ3v) is 4.07. The lowest BCUT2D eigenvalue weighted by Gasteiger charge is -2.15. The lowest BCUT2D eigenvalue weighted by atomic mass is 9.98. The highest BCUT2D eigenvalue weighted by Crippen LogP contribution is 2.23. The van der Waals surface area contributed by atoms with Crippen molar-refractivity contribution in [3.63, 3.8) is 0 Å². The molecule has 0 N–H and O–H groups in total. The Hall–Kier alpha value is -2.62. The molecule has 1 atom stereocenters. The number of nitrogens with zero attached hydrogens (tertiary/aromatic N) is 1. The molecule has 1 aliphatic rings. The summed E-state index contributed by atoms with van der Waals surface area (Å²) in [6.07, 6.45) is 0.811. The van der Waals surface area contributed by atoms with Crippen molar-refractivity contribution in [1.82, 2.24) is 4.90 Å². The number of benzene rings is 2. The van der Waals surface area contributed by atoms with Crippen LogP contribution in [0.2, 0.25) is 0 Å². The Kier molecular flexibility index (Phi) is 4.71. The van der Waals surface area contributed by atoms with E-state index >= 15 is 0 Å². The van der Waals surface area contributed by atoms with Crippen molar-refractivity contribution >= 4 is 12.0 Å². The standard InChI is InChI=1S/C19H19NO3/c21-18-17(13-15-7-3-1-4-8-15)11-12-20(18)19(22)23-14-16-9-5-2-6-10-16/h1-10,17H,11-14H2. The fourth-order valence-electron chi connectivity index (χ4n) is 2.81. The van der Waals surface area contributed by atoms with Crippen LogP contribution in [-0.2, 0) is 22.6 Å². The first-order valence-electron chi connectivity index (χ1n) is 7.80. The number of rotatable bonds is 4. The molecule has 4 heteroatoms. The van der Waals surface area contributed by atoms with Gasteiger partial charge in [-0.05, 0) is 24.0 Å². The van der Waals surface area contributed by atoms with Crippen molar-refractivity contribution in [2.45, 2.75) is 19.4 Å². The number of hydrogen-bond donors (Lipinski definition) is 0. The van der Waals surface area contributed by atoms with Gasteiger partial charge >= 0.3 is 6.09 Å². The monoisotopic (exact) mass is 309 g/mol. The van der Waals surface area contributed by atoms with Crippen LogP contribution in [0.3, 0.4) is 0 Å². The first kappa shape index (κ1) is 15.3. The number of amides is 2. The summed E-state index contributed by atoms with van der Waals surface area (Å²) >= 11 is 0. The lowest BCUT2D eigenvalue weighted by Crippen LogP contribution is -2.34. The van der Waals surface area contributed by atoms with Gasteiger partial charge in [-0.3, -0.25) is 4.79 Å². The Bertz CT molecular complexity index is 670. The molecule has 118 valence electrons. The minimum absolute atomic E-state index is 0.132. The van der Waals surface area contributed by atoms with Gasteiger partial charge in [-0.25, -0.2) is 9.69 Å². The van der Waals surface area contributed by atoms with E-state index in [0.29, 0.717) is 19.4 Å². The van der Waals surface area contributed by atoms with E-state index in [4.69, 9.17) is 4.74 Å². The summed E-state index contributed by atoms with van der Waals surface area (Å²) in [6.45, 7) is 0.622. The molecule has 23 heavy (non-hydrogen) atoms. The van der Waals surface area contributed by atoms with Gasteiger partial charge in [0.1, 0.15) is 6.61 Å². The molecular formula is C19H19NO3. The molecule has 0 radical (unpaired) electrons. The number of hydrogen-bond acceptors (Lipinski definition) is 3. The van der Waals surface area contributed by atoms with Crippen LogP contribution in [0.1, 0.15) is 17.5 Å². The summed E-state index contributed by atoms with van der Waals surface area (Å²) in [5.41, 5.74) is 2.03. The smallest absolute Gasteiger partial charge is 0.416 e. The predicted octanol–water partition coefficient (Wildman–Crippen LogP) is 3.41. The average Bonchev–Trinajstić information content (AvgIpc) is 2.95. The van der Waals surface area contributed by atoms with Crippen molar-refractivity contribution < 1.29 is 14.3 Å².